The number of ether oxygens (including phenoxy) is 1. The summed E-state index contributed by atoms with van der Waals surface area (Å²) in [5.41, 5.74) is 1.15. The number of furan rings is 1. The molecule has 2 aromatic carbocycles. The first kappa shape index (κ1) is 22.5. The van der Waals surface area contributed by atoms with Gasteiger partial charge in [-0.1, -0.05) is 12.1 Å². The van der Waals surface area contributed by atoms with Crippen LogP contribution in [-0.2, 0) is 14.8 Å². The lowest BCUT2D eigenvalue weighted by atomic mass is 10.2. The van der Waals surface area contributed by atoms with Crippen LogP contribution in [0.25, 0.3) is 22.4 Å². The maximum Gasteiger partial charge on any atom is 0.244 e. The lowest BCUT2D eigenvalue weighted by Gasteiger charge is -2.23. The van der Waals surface area contributed by atoms with Crippen LogP contribution in [0.3, 0.4) is 0 Å². The number of anilines is 1. The van der Waals surface area contributed by atoms with Crippen molar-refractivity contribution in [3.8, 4) is 17.2 Å². The van der Waals surface area contributed by atoms with Gasteiger partial charge in [-0.2, -0.15) is 4.31 Å². The lowest BCUT2D eigenvalue weighted by Crippen LogP contribution is -2.43. The van der Waals surface area contributed by atoms with Gasteiger partial charge in [0.05, 0.1) is 12.0 Å². The van der Waals surface area contributed by atoms with E-state index < -0.39 is 27.8 Å². The fraction of sp³-hybridized carbons (Fsp3) is 0.217. The number of carbonyl (C=O) groups is 1. The minimum absolute atomic E-state index is 0.0505. The molecule has 8 nitrogen and oxygen atoms in total. The third-order valence-corrected chi connectivity index (χ3v) is 8.32. The highest BCUT2D eigenvalue weighted by Gasteiger charge is 2.39. The summed E-state index contributed by atoms with van der Waals surface area (Å²) in [6.07, 6.45) is 0.927. The molecule has 1 aliphatic rings. The molecule has 0 saturated carbocycles. The van der Waals surface area contributed by atoms with Crippen molar-refractivity contribution in [2.75, 3.05) is 19.0 Å². The molecule has 5 rings (SSSR count). The van der Waals surface area contributed by atoms with E-state index in [-0.39, 0.29) is 11.4 Å². The molecule has 1 saturated heterocycles. The van der Waals surface area contributed by atoms with Gasteiger partial charge in [0.2, 0.25) is 15.9 Å². The molecule has 34 heavy (non-hydrogen) atoms. The average Bonchev–Trinajstić information content (AvgIpc) is 3.57. The molecular weight excluding hydrogens is 481 g/mol. The first-order valence-corrected chi connectivity index (χ1v) is 12.8. The summed E-state index contributed by atoms with van der Waals surface area (Å²) in [5, 5.41) is 5.67. The molecule has 1 amide bonds. The van der Waals surface area contributed by atoms with Crippen LogP contribution in [0.1, 0.15) is 12.8 Å². The zero-order chi connectivity index (χ0) is 23.9. The number of hydrogen-bond acceptors (Lipinski definition) is 7. The van der Waals surface area contributed by atoms with Gasteiger partial charge in [0.25, 0.3) is 0 Å². The monoisotopic (exact) mass is 501 g/mol. The quantitative estimate of drug-likeness (QED) is 0.418. The summed E-state index contributed by atoms with van der Waals surface area (Å²) >= 11 is 1.21. The number of para-hydroxylation sites is 1. The molecule has 1 aliphatic heterocycles. The van der Waals surface area contributed by atoms with E-state index in [0.717, 1.165) is 21.8 Å². The number of hydrogen-bond donors (Lipinski definition) is 1. The van der Waals surface area contributed by atoms with Crippen LogP contribution in [0.2, 0.25) is 0 Å². The number of benzene rings is 2. The maximum atomic E-state index is 13.2. The standard InChI is InChI=1S/C23H20FN3O5S2/c1-31-19-6-2-4-14-12-20(32-21(14)19)17-13-33-23(25-17)26-22(28)18-5-3-11-27(18)34(29,30)16-9-7-15(24)8-10-16/h2,4,6-10,12-13,18H,3,5,11H2,1H3,(H,25,26,28). The lowest BCUT2D eigenvalue weighted by molar-refractivity contribution is -0.119. The fourth-order valence-corrected chi connectivity index (χ4v) is 6.35. The third kappa shape index (κ3) is 4.06. The number of nitrogens with zero attached hydrogens (tertiary/aromatic N) is 2. The molecule has 4 aromatic rings. The second-order valence-corrected chi connectivity index (χ2v) is 10.5. The molecule has 0 aliphatic carbocycles. The molecule has 3 heterocycles. The van der Waals surface area contributed by atoms with Gasteiger partial charge in [0.15, 0.2) is 22.2 Å². The second-order valence-electron chi connectivity index (χ2n) is 7.74. The Morgan fingerprint density at radius 3 is 2.82 bits per heavy atom. The van der Waals surface area contributed by atoms with E-state index in [1.54, 1.807) is 18.6 Å². The second kappa shape index (κ2) is 8.82. The number of aromatic nitrogens is 1. The Labute approximate surface area is 199 Å². The van der Waals surface area contributed by atoms with Crippen molar-refractivity contribution in [3.63, 3.8) is 0 Å². The van der Waals surface area contributed by atoms with Crippen LogP contribution < -0.4 is 10.1 Å². The molecule has 1 atom stereocenters. The molecule has 0 spiro atoms. The SMILES string of the molecule is COc1cccc2cc(-c3csc(NC(=O)C4CCCN4S(=O)(=O)c4ccc(F)cc4)n3)oc12. The van der Waals surface area contributed by atoms with Crippen molar-refractivity contribution in [1.29, 1.82) is 0 Å². The largest absolute Gasteiger partial charge is 0.493 e. The molecule has 2 aromatic heterocycles. The molecule has 1 fully saturated rings. The summed E-state index contributed by atoms with van der Waals surface area (Å²) < 4.78 is 51.7. The Bertz CT molecular complexity index is 1460. The van der Waals surface area contributed by atoms with Gasteiger partial charge >= 0.3 is 0 Å². The number of amides is 1. The van der Waals surface area contributed by atoms with E-state index in [1.165, 1.54) is 23.5 Å². The minimum atomic E-state index is -3.94. The molecule has 0 bridgehead atoms. The van der Waals surface area contributed by atoms with Crippen molar-refractivity contribution < 1.29 is 26.8 Å². The normalized spacial score (nSPS) is 16.7. The average molecular weight is 502 g/mol. The highest BCUT2D eigenvalue weighted by molar-refractivity contribution is 7.89. The van der Waals surface area contributed by atoms with Gasteiger partial charge in [-0.25, -0.2) is 17.8 Å². The minimum Gasteiger partial charge on any atom is -0.493 e. The number of carbonyl (C=O) groups excluding carboxylic acids is 1. The Morgan fingerprint density at radius 1 is 1.26 bits per heavy atom. The smallest absolute Gasteiger partial charge is 0.244 e. The number of halogens is 1. The van der Waals surface area contributed by atoms with E-state index in [1.807, 2.05) is 18.2 Å². The van der Waals surface area contributed by atoms with Crippen LogP contribution in [-0.4, -0.2) is 43.3 Å². The van der Waals surface area contributed by atoms with Crippen molar-refractivity contribution in [2.24, 2.45) is 0 Å². The van der Waals surface area contributed by atoms with E-state index >= 15 is 0 Å². The van der Waals surface area contributed by atoms with Gasteiger partial charge in [-0.05, 0) is 49.2 Å². The van der Waals surface area contributed by atoms with Crippen molar-refractivity contribution >= 4 is 43.4 Å². The zero-order valence-electron chi connectivity index (χ0n) is 18.0. The van der Waals surface area contributed by atoms with Crippen LogP contribution in [0.4, 0.5) is 9.52 Å². The molecule has 1 N–H and O–H groups in total. The molecular formula is C23H20FN3O5S2. The van der Waals surface area contributed by atoms with E-state index in [9.17, 15) is 17.6 Å². The van der Waals surface area contributed by atoms with Crippen molar-refractivity contribution in [3.05, 3.63) is 59.7 Å². The van der Waals surface area contributed by atoms with Crippen LogP contribution in [0, 0.1) is 5.82 Å². The first-order chi connectivity index (χ1) is 16.4. The molecule has 0 radical (unpaired) electrons. The highest BCUT2D eigenvalue weighted by Crippen LogP contribution is 2.35. The number of rotatable bonds is 6. The Morgan fingerprint density at radius 2 is 2.06 bits per heavy atom. The number of methoxy groups -OCH3 is 1. The van der Waals surface area contributed by atoms with E-state index in [0.29, 0.717) is 40.8 Å². The number of sulfonamides is 1. The third-order valence-electron chi connectivity index (χ3n) is 5.64. The van der Waals surface area contributed by atoms with E-state index in [2.05, 4.69) is 10.3 Å². The van der Waals surface area contributed by atoms with Gasteiger partial charge in [-0.3, -0.25) is 4.79 Å². The predicted octanol–water partition coefficient (Wildman–Crippen LogP) is 4.50. The Balaban J connectivity index is 1.34. The number of nitrogens with one attached hydrogen (secondary N) is 1. The molecule has 176 valence electrons. The highest BCUT2D eigenvalue weighted by atomic mass is 32.2. The summed E-state index contributed by atoms with van der Waals surface area (Å²) in [6, 6.07) is 11.1. The molecule has 11 heteroatoms. The van der Waals surface area contributed by atoms with Crippen molar-refractivity contribution in [2.45, 2.75) is 23.8 Å². The van der Waals surface area contributed by atoms with Crippen LogP contribution in [0.15, 0.2) is 63.2 Å². The predicted molar refractivity (Wildman–Crippen MR) is 126 cm³/mol. The van der Waals surface area contributed by atoms with Crippen LogP contribution >= 0.6 is 11.3 Å². The Kier molecular flexibility index (Phi) is 5.84. The van der Waals surface area contributed by atoms with Gasteiger partial charge < -0.3 is 14.5 Å². The summed E-state index contributed by atoms with van der Waals surface area (Å²) in [5.74, 6) is 0.140. The summed E-state index contributed by atoms with van der Waals surface area (Å²) in [6.45, 7) is 0.210. The Hall–Kier alpha value is -3.28. The zero-order valence-corrected chi connectivity index (χ0v) is 19.7. The summed E-state index contributed by atoms with van der Waals surface area (Å²) in [7, 11) is -2.37. The van der Waals surface area contributed by atoms with E-state index in [4.69, 9.17) is 9.15 Å². The topological polar surface area (TPSA) is 102 Å². The van der Waals surface area contributed by atoms with Gasteiger partial charge in [-0.15, -0.1) is 11.3 Å². The van der Waals surface area contributed by atoms with Crippen LogP contribution in [0.5, 0.6) is 5.75 Å². The molecule has 1 unspecified atom stereocenters. The van der Waals surface area contributed by atoms with Gasteiger partial charge in [0, 0.05) is 17.3 Å². The number of thiazole rings is 1. The van der Waals surface area contributed by atoms with Crippen molar-refractivity contribution in [1.82, 2.24) is 9.29 Å². The maximum absolute atomic E-state index is 13.2. The number of fused-ring (bicyclic) bond motifs is 1. The fourth-order valence-electron chi connectivity index (χ4n) is 3.99. The summed E-state index contributed by atoms with van der Waals surface area (Å²) in [4.78, 5) is 17.4. The first-order valence-electron chi connectivity index (χ1n) is 10.5. The van der Waals surface area contributed by atoms with Gasteiger partial charge in [0.1, 0.15) is 17.6 Å².